The van der Waals surface area contributed by atoms with E-state index in [0.717, 1.165) is 34.5 Å². The molecule has 0 radical (unpaired) electrons. The predicted octanol–water partition coefficient (Wildman–Crippen LogP) is 3.92. The van der Waals surface area contributed by atoms with Crippen LogP contribution in [0.4, 0.5) is 0 Å². The van der Waals surface area contributed by atoms with Crippen LogP contribution in [0.5, 0.6) is 5.75 Å². The maximum Gasteiger partial charge on any atom is 0.150 e. The summed E-state index contributed by atoms with van der Waals surface area (Å²) in [5, 5.41) is 0. The molecule has 0 amide bonds. The molecule has 1 aliphatic carbocycles. The average Bonchev–Trinajstić information content (AvgIpc) is 2.43. The van der Waals surface area contributed by atoms with Crippen molar-refractivity contribution in [3.63, 3.8) is 0 Å². The van der Waals surface area contributed by atoms with Gasteiger partial charge in [-0.05, 0) is 37.5 Å². The van der Waals surface area contributed by atoms with Crippen LogP contribution in [-0.4, -0.2) is 12.9 Å². The number of thiol groups is 1. The normalized spacial score (nSPS) is 17.5. The number of allylic oxidation sites excluding steroid dienone is 3. The Bertz CT molecular complexity index is 544. The Hall–Kier alpha value is -1.48. The Kier molecular flexibility index (Phi) is 4.48. The molecule has 0 aromatic heterocycles. The van der Waals surface area contributed by atoms with Gasteiger partial charge in [0.05, 0.1) is 6.61 Å². The summed E-state index contributed by atoms with van der Waals surface area (Å²) >= 11 is 4.46. The van der Waals surface area contributed by atoms with Crippen molar-refractivity contribution < 1.29 is 9.53 Å². The minimum Gasteiger partial charge on any atom is -0.492 e. The van der Waals surface area contributed by atoms with E-state index in [-0.39, 0.29) is 0 Å². The van der Waals surface area contributed by atoms with Crippen molar-refractivity contribution >= 4 is 18.9 Å². The van der Waals surface area contributed by atoms with Crippen LogP contribution in [0.25, 0.3) is 0 Å². The standard InChI is InChI=1S/C16H18O2S/c1-11-8-15(16(19)12(2)14(11)9-17)18-10-13-6-4-3-5-7-13/h3-6,8-9,13,19H,7,10H2,1-2H3. The van der Waals surface area contributed by atoms with E-state index in [9.17, 15) is 4.79 Å². The molecule has 3 heteroatoms. The zero-order chi connectivity index (χ0) is 13.8. The van der Waals surface area contributed by atoms with Crippen molar-refractivity contribution in [1.82, 2.24) is 0 Å². The number of aldehydes is 1. The van der Waals surface area contributed by atoms with Gasteiger partial charge in [0.1, 0.15) is 5.75 Å². The van der Waals surface area contributed by atoms with E-state index in [1.807, 2.05) is 32.1 Å². The zero-order valence-corrected chi connectivity index (χ0v) is 12.1. The first-order chi connectivity index (χ1) is 9.13. The fraction of sp³-hybridized carbons (Fsp3) is 0.312. The molecule has 1 atom stereocenters. The fourth-order valence-corrected chi connectivity index (χ4v) is 2.44. The van der Waals surface area contributed by atoms with Gasteiger partial charge >= 0.3 is 0 Å². The van der Waals surface area contributed by atoms with Crippen LogP contribution in [-0.2, 0) is 0 Å². The van der Waals surface area contributed by atoms with E-state index in [1.165, 1.54) is 0 Å². The highest BCUT2D eigenvalue weighted by Gasteiger charge is 2.13. The fourth-order valence-electron chi connectivity index (χ4n) is 2.19. The van der Waals surface area contributed by atoms with Crippen molar-refractivity contribution in [3.8, 4) is 5.75 Å². The van der Waals surface area contributed by atoms with Gasteiger partial charge in [-0.3, -0.25) is 4.79 Å². The van der Waals surface area contributed by atoms with Gasteiger partial charge in [-0.2, -0.15) is 0 Å². The first kappa shape index (κ1) is 13.9. The lowest BCUT2D eigenvalue weighted by Gasteiger charge is -2.17. The van der Waals surface area contributed by atoms with Gasteiger partial charge in [-0.25, -0.2) is 0 Å². The van der Waals surface area contributed by atoms with Gasteiger partial charge in [0, 0.05) is 16.4 Å². The van der Waals surface area contributed by atoms with Crippen LogP contribution in [0.2, 0.25) is 0 Å². The summed E-state index contributed by atoms with van der Waals surface area (Å²) in [5.74, 6) is 1.16. The van der Waals surface area contributed by atoms with Crippen LogP contribution in [0.15, 0.2) is 35.3 Å². The molecule has 0 saturated carbocycles. The minimum absolute atomic E-state index is 0.407. The summed E-state index contributed by atoms with van der Waals surface area (Å²) < 4.78 is 5.86. The average molecular weight is 274 g/mol. The number of carbonyl (C=O) groups excluding carboxylic acids is 1. The second-order valence-electron chi connectivity index (χ2n) is 4.82. The summed E-state index contributed by atoms with van der Waals surface area (Å²) in [6.07, 6.45) is 10.3. The number of hydrogen-bond acceptors (Lipinski definition) is 3. The maximum absolute atomic E-state index is 11.0. The van der Waals surface area contributed by atoms with Crippen molar-refractivity contribution in [1.29, 1.82) is 0 Å². The predicted molar refractivity (Wildman–Crippen MR) is 80.4 cm³/mol. The van der Waals surface area contributed by atoms with Crippen LogP contribution in [0, 0.1) is 19.8 Å². The van der Waals surface area contributed by atoms with Gasteiger partial charge in [0.2, 0.25) is 0 Å². The van der Waals surface area contributed by atoms with E-state index in [2.05, 4.69) is 24.8 Å². The lowest BCUT2D eigenvalue weighted by molar-refractivity contribution is 0.112. The molecule has 1 unspecified atom stereocenters. The van der Waals surface area contributed by atoms with Crippen LogP contribution < -0.4 is 4.74 Å². The third kappa shape index (κ3) is 3.10. The van der Waals surface area contributed by atoms with Gasteiger partial charge in [-0.1, -0.05) is 24.3 Å². The van der Waals surface area contributed by atoms with Crippen molar-refractivity contribution in [2.45, 2.75) is 25.2 Å². The monoisotopic (exact) mass is 274 g/mol. The third-order valence-electron chi connectivity index (χ3n) is 3.41. The van der Waals surface area contributed by atoms with E-state index < -0.39 is 0 Å². The summed E-state index contributed by atoms with van der Waals surface area (Å²) in [5.41, 5.74) is 2.52. The molecule has 0 heterocycles. The summed E-state index contributed by atoms with van der Waals surface area (Å²) in [7, 11) is 0. The number of rotatable bonds is 4. The largest absolute Gasteiger partial charge is 0.492 e. The SMILES string of the molecule is Cc1cc(OCC2C=CC=CC2)c(S)c(C)c1C=O. The highest BCUT2D eigenvalue weighted by Crippen LogP contribution is 2.31. The third-order valence-corrected chi connectivity index (χ3v) is 3.96. The maximum atomic E-state index is 11.0. The van der Waals surface area contributed by atoms with Crippen molar-refractivity contribution in [3.05, 3.63) is 47.1 Å². The Labute approximate surface area is 119 Å². The molecule has 0 saturated heterocycles. The highest BCUT2D eigenvalue weighted by molar-refractivity contribution is 7.80. The highest BCUT2D eigenvalue weighted by atomic mass is 32.1. The lowest BCUT2D eigenvalue weighted by atomic mass is 10.0. The van der Waals surface area contributed by atoms with Crippen LogP contribution in [0.3, 0.4) is 0 Å². The summed E-state index contributed by atoms with van der Waals surface area (Å²) in [6, 6.07) is 1.89. The molecule has 100 valence electrons. The molecular formula is C16H18O2S. The molecule has 0 fully saturated rings. The van der Waals surface area contributed by atoms with Gasteiger partial charge < -0.3 is 4.74 Å². The van der Waals surface area contributed by atoms with Gasteiger partial charge in [0.25, 0.3) is 0 Å². The Balaban J connectivity index is 2.14. The van der Waals surface area contributed by atoms with E-state index in [1.54, 1.807) is 0 Å². The van der Waals surface area contributed by atoms with Gasteiger partial charge in [-0.15, -0.1) is 12.6 Å². The van der Waals surface area contributed by atoms with Crippen molar-refractivity contribution in [2.24, 2.45) is 5.92 Å². The number of ether oxygens (including phenoxy) is 1. The molecular weight excluding hydrogens is 256 g/mol. The molecule has 0 N–H and O–H groups in total. The molecule has 0 aliphatic heterocycles. The summed E-state index contributed by atoms with van der Waals surface area (Å²) in [4.78, 5) is 11.8. The molecule has 0 spiro atoms. The van der Waals surface area contributed by atoms with Gasteiger partial charge in [0.15, 0.2) is 6.29 Å². The minimum atomic E-state index is 0.407. The van der Waals surface area contributed by atoms with Crippen molar-refractivity contribution in [2.75, 3.05) is 6.61 Å². The topological polar surface area (TPSA) is 26.3 Å². The first-order valence-electron chi connectivity index (χ1n) is 6.38. The lowest BCUT2D eigenvalue weighted by Crippen LogP contribution is -2.11. The second-order valence-corrected chi connectivity index (χ2v) is 5.26. The molecule has 19 heavy (non-hydrogen) atoms. The number of benzene rings is 1. The zero-order valence-electron chi connectivity index (χ0n) is 11.2. The molecule has 1 aromatic rings. The second kappa shape index (κ2) is 6.11. The quantitative estimate of drug-likeness (QED) is 0.665. The Morgan fingerprint density at radius 1 is 1.42 bits per heavy atom. The smallest absolute Gasteiger partial charge is 0.150 e. The Morgan fingerprint density at radius 2 is 2.21 bits per heavy atom. The molecule has 1 aliphatic rings. The van der Waals surface area contributed by atoms with Crippen LogP contribution in [0.1, 0.15) is 27.9 Å². The summed E-state index contributed by atoms with van der Waals surface area (Å²) in [6.45, 7) is 4.45. The van der Waals surface area contributed by atoms with E-state index in [4.69, 9.17) is 4.74 Å². The Morgan fingerprint density at radius 3 is 2.84 bits per heavy atom. The molecule has 2 rings (SSSR count). The number of hydrogen-bond donors (Lipinski definition) is 1. The van der Waals surface area contributed by atoms with Crippen LogP contribution >= 0.6 is 12.6 Å². The van der Waals surface area contributed by atoms with E-state index in [0.29, 0.717) is 18.1 Å². The molecule has 0 bridgehead atoms. The first-order valence-corrected chi connectivity index (χ1v) is 6.82. The molecule has 1 aromatic carbocycles. The van der Waals surface area contributed by atoms with E-state index >= 15 is 0 Å². The molecule has 2 nitrogen and oxygen atoms in total. The number of aryl methyl sites for hydroxylation is 1. The number of carbonyl (C=O) groups is 1.